The number of carbonyl (C=O) groups is 2. The molecule has 0 spiro atoms. The van der Waals surface area contributed by atoms with E-state index in [0.29, 0.717) is 18.9 Å². The second-order valence-electron chi connectivity index (χ2n) is 5.40. The second kappa shape index (κ2) is 9.22. The van der Waals surface area contributed by atoms with Gasteiger partial charge in [0.25, 0.3) is 0 Å². The molecule has 2 rings (SSSR count). The number of methoxy groups -OCH3 is 1. The smallest absolute Gasteiger partial charge is 0.360 e. The van der Waals surface area contributed by atoms with E-state index in [2.05, 4.69) is 16.6 Å². The molecule has 0 aliphatic rings. The lowest BCUT2D eigenvalue weighted by Gasteiger charge is -2.21. The molecule has 24 heavy (non-hydrogen) atoms. The summed E-state index contributed by atoms with van der Waals surface area (Å²) < 4.78 is 9.92. The van der Waals surface area contributed by atoms with Gasteiger partial charge < -0.3 is 14.1 Å². The summed E-state index contributed by atoms with van der Waals surface area (Å²) in [6.07, 6.45) is 4.70. The number of amides is 1. The van der Waals surface area contributed by atoms with Crippen molar-refractivity contribution in [2.75, 3.05) is 13.7 Å². The molecular formula is C17H22N2O4S. The molecule has 0 aliphatic heterocycles. The van der Waals surface area contributed by atoms with E-state index in [4.69, 9.17) is 4.42 Å². The average molecular weight is 350 g/mol. The molecule has 0 bridgehead atoms. The lowest BCUT2D eigenvalue weighted by Crippen LogP contribution is -2.32. The zero-order valence-corrected chi connectivity index (χ0v) is 14.8. The minimum Gasteiger partial charge on any atom is -0.464 e. The minimum atomic E-state index is -0.549. The maximum atomic E-state index is 12.6. The molecule has 0 radical (unpaired) electrons. The molecule has 6 nitrogen and oxygen atoms in total. The van der Waals surface area contributed by atoms with Crippen LogP contribution in [0.5, 0.6) is 0 Å². The molecule has 2 heterocycles. The fraction of sp³-hybridized carbons (Fsp3) is 0.471. The highest BCUT2D eigenvalue weighted by molar-refractivity contribution is 7.10. The second-order valence-corrected chi connectivity index (χ2v) is 6.43. The number of unbranched alkanes of at least 4 members (excludes halogenated alkanes) is 2. The van der Waals surface area contributed by atoms with Crippen LogP contribution in [0.25, 0.3) is 0 Å². The van der Waals surface area contributed by atoms with Gasteiger partial charge >= 0.3 is 5.97 Å². The van der Waals surface area contributed by atoms with Crippen molar-refractivity contribution < 1.29 is 18.7 Å². The maximum Gasteiger partial charge on any atom is 0.360 e. The van der Waals surface area contributed by atoms with E-state index in [1.165, 1.54) is 13.4 Å². The van der Waals surface area contributed by atoms with Crippen LogP contribution < -0.4 is 0 Å². The van der Waals surface area contributed by atoms with E-state index in [1.807, 2.05) is 17.5 Å². The van der Waals surface area contributed by atoms with Crippen molar-refractivity contribution in [3.63, 3.8) is 0 Å². The van der Waals surface area contributed by atoms with Gasteiger partial charge in [0.1, 0.15) is 6.26 Å². The summed E-state index contributed by atoms with van der Waals surface area (Å²) in [5.74, 6) is -0.176. The van der Waals surface area contributed by atoms with Crippen LogP contribution in [-0.4, -0.2) is 35.4 Å². The van der Waals surface area contributed by atoms with Crippen LogP contribution in [0.1, 0.15) is 47.4 Å². The monoisotopic (exact) mass is 350 g/mol. The van der Waals surface area contributed by atoms with E-state index >= 15 is 0 Å². The van der Waals surface area contributed by atoms with Crippen LogP contribution in [0.15, 0.2) is 28.2 Å². The van der Waals surface area contributed by atoms with Crippen LogP contribution >= 0.6 is 11.3 Å². The molecule has 1 amide bonds. The number of aromatic nitrogens is 1. The number of ether oxygens (including phenoxy) is 1. The molecule has 2 aromatic rings. The number of oxazole rings is 1. The van der Waals surface area contributed by atoms with Crippen molar-refractivity contribution in [1.82, 2.24) is 9.88 Å². The fourth-order valence-corrected chi connectivity index (χ4v) is 2.96. The van der Waals surface area contributed by atoms with Gasteiger partial charge in [0.15, 0.2) is 5.69 Å². The average Bonchev–Trinajstić information content (AvgIpc) is 3.25. The van der Waals surface area contributed by atoms with Gasteiger partial charge in [-0.2, -0.15) is 0 Å². The van der Waals surface area contributed by atoms with E-state index in [0.717, 1.165) is 24.1 Å². The van der Waals surface area contributed by atoms with E-state index in [1.54, 1.807) is 16.2 Å². The van der Waals surface area contributed by atoms with E-state index < -0.39 is 5.97 Å². The first-order valence-corrected chi connectivity index (χ1v) is 8.84. The maximum absolute atomic E-state index is 12.6. The summed E-state index contributed by atoms with van der Waals surface area (Å²) in [5, 5.41) is 1.96. The van der Waals surface area contributed by atoms with Crippen molar-refractivity contribution >= 4 is 23.2 Å². The zero-order valence-electron chi connectivity index (χ0n) is 14.0. The van der Waals surface area contributed by atoms with Gasteiger partial charge in [-0.3, -0.25) is 4.79 Å². The van der Waals surface area contributed by atoms with E-state index in [-0.39, 0.29) is 18.1 Å². The topological polar surface area (TPSA) is 72.6 Å². The summed E-state index contributed by atoms with van der Waals surface area (Å²) >= 11 is 1.57. The Kier molecular flexibility index (Phi) is 6.99. The van der Waals surface area contributed by atoms with Crippen molar-refractivity contribution in [1.29, 1.82) is 0 Å². The number of hydrogen-bond acceptors (Lipinski definition) is 6. The highest BCUT2D eigenvalue weighted by atomic mass is 32.1. The Morgan fingerprint density at radius 2 is 2.21 bits per heavy atom. The van der Waals surface area contributed by atoms with Gasteiger partial charge in [-0.05, 0) is 17.9 Å². The molecule has 2 aromatic heterocycles. The van der Waals surface area contributed by atoms with Crippen LogP contribution in [0, 0.1) is 0 Å². The third-order valence-corrected chi connectivity index (χ3v) is 4.44. The number of hydrogen-bond donors (Lipinski definition) is 0. The summed E-state index contributed by atoms with van der Waals surface area (Å²) in [6, 6.07) is 3.89. The molecule has 0 unspecified atom stereocenters. The lowest BCUT2D eigenvalue weighted by molar-refractivity contribution is -0.131. The van der Waals surface area contributed by atoms with Crippen molar-refractivity contribution in [3.8, 4) is 0 Å². The van der Waals surface area contributed by atoms with Crippen LogP contribution in [-0.2, 0) is 22.5 Å². The van der Waals surface area contributed by atoms with E-state index in [9.17, 15) is 9.59 Å². The number of rotatable bonds is 9. The first-order valence-electron chi connectivity index (χ1n) is 7.97. The molecule has 7 heteroatoms. The molecule has 0 saturated carbocycles. The minimum absolute atomic E-state index is 0.0337. The van der Waals surface area contributed by atoms with Gasteiger partial charge in [0.2, 0.25) is 11.8 Å². The third-order valence-electron chi connectivity index (χ3n) is 3.56. The molecule has 0 atom stereocenters. The van der Waals surface area contributed by atoms with Crippen LogP contribution in [0.3, 0.4) is 0 Å². The largest absolute Gasteiger partial charge is 0.464 e. The number of carbonyl (C=O) groups excluding carboxylic acids is 2. The van der Waals surface area contributed by atoms with Gasteiger partial charge in [-0.25, -0.2) is 9.78 Å². The van der Waals surface area contributed by atoms with Gasteiger partial charge in [-0.1, -0.05) is 25.8 Å². The Bertz CT molecular complexity index is 651. The Hall–Kier alpha value is -2.15. The molecule has 0 fully saturated rings. The standard InChI is InChI=1S/C17H22N2O4S/c1-3-4-5-8-19(16(20)10-13-7-6-9-24-13)11-15-18-14(12-23-15)17(21)22-2/h6-7,9,12H,3-5,8,10-11H2,1-2H3. The SMILES string of the molecule is CCCCCN(Cc1nc(C(=O)OC)co1)C(=O)Cc1cccs1. The molecule has 130 valence electrons. The molecule has 0 aromatic carbocycles. The van der Waals surface area contributed by atoms with Gasteiger partial charge in [-0.15, -0.1) is 11.3 Å². The quantitative estimate of drug-likeness (QED) is 0.512. The predicted octanol–water partition coefficient (Wildman–Crippen LogP) is 3.28. The first-order chi connectivity index (χ1) is 11.6. The normalized spacial score (nSPS) is 10.6. The number of esters is 1. The summed E-state index contributed by atoms with van der Waals surface area (Å²) in [6.45, 7) is 3.02. The van der Waals surface area contributed by atoms with Crippen LogP contribution in [0.4, 0.5) is 0 Å². The molecule has 0 saturated heterocycles. The first kappa shape index (κ1) is 18.2. The molecule has 0 N–H and O–H groups in total. The third kappa shape index (κ3) is 5.19. The Morgan fingerprint density at radius 1 is 1.38 bits per heavy atom. The Morgan fingerprint density at radius 3 is 2.88 bits per heavy atom. The summed E-state index contributed by atoms with van der Waals surface area (Å²) in [7, 11) is 1.29. The molecule has 0 aliphatic carbocycles. The van der Waals surface area contributed by atoms with Gasteiger partial charge in [0.05, 0.1) is 20.1 Å². The van der Waals surface area contributed by atoms with Crippen molar-refractivity contribution in [3.05, 3.63) is 40.2 Å². The van der Waals surface area contributed by atoms with Crippen LogP contribution in [0.2, 0.25) is 0 Å². The summed E-state index contributed by atoms with van der Waals surface area (Å²) in [5.41, 5.74) is 0.117. The molecular weight excluding hydrogens is 328 g/mol. The van der Waals surface area contributed by atoms with Gasteiger partial charge in [0, 0.05) is 11.4 Å². The Labute approximate surface area is 145 Å². The highest BCUT2D eigenvalue weighted by Gasteiger charge is 2.19. The zero-order chi connectivity index (χ0) is 17.4. The fourth-order valence-electron chi connectivity index (χ4n) is 2.26. The van der Waals surface area contributed by atoms with Crippen molar-refractivity contribution in [2.24, 2.45) is 0 Å². The summed E-state index contributed by atoms with van der Waals surface area (Å²) in [4.78, 5) is 30.9. The lowest BCUT2D eigenvalue weighted by atomic mass is 10.2. The van der Waals surface area contributed by atoms with Crippen molar-refractivity contribution in [2.45, 2.75) is 39.2 Å². The Balaban J connectivity index is 2.03. The predicted molar refractivity (Wildman–Crippen MR) is 90.8 cm³/mol. The number of thiophene rings is 1. The highest BCUT2D eigenvalue weighted by Crippen LogP contribution is 2.14. The number of nitrogens with zero attached hydrogens (tertiary/aromatic N) is 2.